The summed E-state index contributed by atoms with van der Waals surface area (Å²) in [5, 5.41) is 10.5. The van der Waals surface area contributed by atoms with Crippen molar-refractivity contribution < 1.29 is 19.4 Å². The van der Waals surface area contributed by atoms with Gasteiger partial charge in [-0.1, -0.05) is 12.1 Å². The Labute approximate surface area is 188 Å². The summed E-state index contributed by atoms with van der Waals surface area (Å²) in [4.78, 5) is 17.2. The number of hydrogen-bond donors (Lipinski definition) is 2. The third-order valence-corrected chi connectivity index (χ3v) is 7.32. The largest absolute Gasteiger partial charge is 0.496 e. The molecule has 3 aromatic rings. The molecule has 2 unspecified atom stereocenters. The molecule has 1 aromatic heterocycles. The lowest BCUT2D eigenvalue weighted by molar-refractivity contribution is -0.0800. The number of carboxylic acid groups (broad SMARTS) is 1. The maximum atomic E-state index is 11.3. The van der Waals surface area contributed by atoms with E-state index in [1.807, 2.05) is 18.3 Å². The molecule has 32 heavy (non-hydrogen) atoms. The van der Waals surface area contributed by atoms with E-state index in [4.69, 9.17) is 9.47 Å². The second-order valence-electron chi connectivity index (χ2n) is 9.14. The minimum Gasteiger partial charge on any atom is -0.496 e. The van der Waals surface area contributed by atoms with Crippen LogP contribution < -0.4 is 4.74 Å². The lowest BCUT2D eigenvalue weighted by atomic mass is 9.78. The number of aromatic carboxylic acids is 1. The number of nitrogens with one attached hydrogen (secondary N) is 1. The predicted molar refractivity (Wildman–Crippen MR) is 123 cm³/mol. The van der Waals surface area contributed by atoms with Crippen LogP contribution in [0.2, 0.25) is 0 Å². The van der Waals surface area contributed by atoms with E-state index in [0.717, 1.165) is 50.4 Å². The Morgan fingerprint density at radius 2 is 2.00 bits per heavy atom. The fourth-order valence-electron chi connectivity index (χ4n) is 5.36. The predicted octanol–water partition coefficient (Wildman–Crippen LogP) is 4.78. The van der Waals surface area contributed by atoms with Crippen LogP contribution in [0.1, 0.15) is 45.9 Å². The maximum Gasteiger partial charge on any atom is 0.335 e. The van der Waals surface area contributed by atoms with Gasteiger partial charge in [-0.25, -0.2) is 4.79 Å². The Morgan fingerprint density at radius 3 is 2.66 bits per heavy atom. The van der Waals surface area contributed by atoms with Gasteiger partial charge < -0.3 is 19.6 Å². The number of rotatable bonds is 6. The van der Waals surface area contributed by atoms with Crippen molar-refractivity contribution in [1.82, 2.24) is 9.88 Å². The molecule has 0 aliphatic carbocycles. The number of H-pyrrole nitrogens is 1. The molecule has 2 aromatic carbocycles. The summed E-state index contributed by atoms with van der Waals surface area (Å²) in [6.45, 7) is 5.62. The summed E-state index contributed by atoms with van der Waals surface area (Å²) in [6, 6.07) is 11.9. The molecule has 2 aliphatic rings. The van der Waals surface area contributed by atoms with Gasteiger partial charge >= 0.3 is 5.97 Å². The molecule has 2 aliphatic heterocycles. The van der Waals surface area contributed by atoms with Crippen molar-refractivity contribution in [2.75, 3.05) is 26.9 Å². The molecule has 0 radical (unpaired) electrons. The normalized spacial score (nSPS) is 22.1. The van der Waals surface area contributed by atoms with Gasteiger partial charge in [0.2, 0.25) is 0 Å². The van der Waals surface area contributed by atoms with Gasteiger partial charge in [0.25, 0.3) is 0 Å². The molecule has 168 valence electrons. The number of benzene rings is 2. The first-order valence-electron chi connectivity index (χ1n) is 11.3. The molecule has 0 spiro atoms. The quantitative estimate of drug-likeness (QED) is 0.584. The molecule has 0 saturated carbocycles. The second kappa shape index (κ2) is 8.60. The van der Waals surface area contributed by atoms with Gasteiger partial charge in [-0.05, 0) is 67.6 Å². The maximum absolute atomic E-state index is 11.3. The standard InChI is InChI=1S/C26H30N2O4/c1-16-11-24(31-2)22(21-7-9-27-25(16)21)13-28-10-8-19(20-14-32-15-20)12-23(28)17-3-5-18(6-4-17)26(29)30/h3-7,9,11,19-20,23,27H,8,10,12-15H2,1-2H3,(H,29,30). The second-order valence-corrected chi connectivity index (χ2v) is 9.14. The average molecular weight is 435 g/mol. The molecule has 6 nitrogen and oxygen atoms in total. The highest BCUT2D eigenvalue weighted by Crippen LogP contribution is 2.42. The van der Waals surface area contributed by atoms with Crippen molar-refractivity contribution in [3.63, 3.8) is 0 Å². The van der Waals surface area contributed by atoms with Gasteiger partial charge in [0.1, 0.15) is 5.75 Å². The molecule has 0 bridgehead atoms. The Hall–Kier alpha value is -2.83. The zero-order valence-corrected chi connectivity index (χ0v) is 18.6. The molecule has 2 saturated heterocycles. The third kappa shape index (κ3) is 3.78. The van der Waals surface area contributed by atoms with E-state index >= 15 is 0 Å². The molecular formula is C26H30N2O4. The zero-order chi connectivity index (χ0) is 22.2. The number of hydrogen-bond acceptors (Lipinski definition) is 4. The summed E-state index contributed by atoms with van der Waals surface area (Å²) < 4.78 is 11.3. The van der Waals surface area contributed by atoms with Crippen LogP contribution in [0.25, 0.3) is 10.9 Å². The highest BCUT2D eigenvalue weighted by molar-refractivity contribution is 5.88. The van der Waals surface area contributed by atoms with Gasteiger partial charge in [0.15, 0.2) is 0 Å². The molecule has 2 fully saturated rings. The van der Waals surface area contributed by atoms with Crippen LogP contribution in [-0.2, 0) is 11.3 Å². The van der Waals surface area contributed by atoms with Crippen LogP contribution in [-0.4, -0.2) is 47.8 Å². The fourth-order valence-corrected chi connectivity index (χ4v) is 5.36. The van der Waals surface area contributed by atoms with E-state index in [9.17, 15) is 9.90 Å². The Balaban J connectivity index is 1.49. The topological polar surface area (TPSA) is 74.8 Å². The number of methoxy groups -OCH3 is 1. The Bertz CT molecular complexity index is 1120. The molecule has 6 heteroatoms. The zero-order valence-electron chi connectivity index (χ0n) is 18.6. The van der Waals surface area contributed by atoms with E-state index in [2.05, 4.69) is 28.9 Å². The number of aryl methyl sites for hydroxylation is 1. The van der Waals surface area contributed by atoms with Crippen LogP contribution in [0.15, 0.2) is 42.6 Å². The van der Waals surface area contributed by atoms with E-state index < -0.39 is 5.97 Å². The van der Waals surface area contributed by atoms with E-state index in [0.29, 0.717) is 17.4 Å². The highest BCUT2D eigenvalue weighted by Gasteiger charge is 2.37. The van der Waals surface area contributed by atoms with Gasteiger partial charge in [-0.3, -0.25) is 4.90 Å². The monoisotopic (exact) mass is 434 g/mol. The lowest BCUT2D eigenvalue weighted by Gasteiger charge is -2.44. The van der Waals surface area contributed by atoms with Crippen LogP contribution in [0.5, 0.6) is 5.75 Å². The Morgan fingerprint density at radius 1 is 1.22 bits per heavy atom. The van der Waals surface area contributed by atoms with Gasteiger partial charge in [-0.2, -0.15) is 0 Å². The first kappa shape index (κ1) is 21.0. The summed E-state index contributed by atoms with van der Waals surface area (Å²) in [5.74, 6) is 1.31. The highest BCUT2D eigenvalue weighted by atomic mass is 16.5. The average Bonchev–Trinajstić information content (AvgIpc) is 3.26. The van der Waals surface area contributed by atoms with Crippen LogP contribution in [0.3, 0.4) is 0 Å². The van der Waals surface area contributed by atoms with Crippen molar-refractivity contribution in [2.45, 2.75) is 32.4 Å². The first-order valence-corrected chi connectivity index (χ1v) is 11.3. The van der Waals surface area contributed by atoms with Crippen molar-refractivity contribution in [3.05, 3.63) is 64.8 Å². The number of aromatic amines is 1. The van der Waals surface area contributed by atoms with E-state index in [-0.39, 0.29) is 6.04 Å². The van der Waals surface area contributed by atoms with E-state index in [1.54, 1.807) is 19.2 Å². The van der Waals surface area contributed by atoms with Crippen LogP contribution in [0, 0.1) is 18.8 Å². The molecule has 2 N–H and O–H groups in total. The summed E-state index contributed by atoms with van der Waals surface area (Å²) in [6.07, 6.45) is 4.21. The number of aromatic nitrogens is 1. The smallest absolute Gasteiger partial charge is 0.335 e. The minimum atomic E-state index is -0.888. The third-order valence-electron chi connectivity index (χ3n) is 7.32. The van der Waals surface area contributed by atoms with Crippen LogP contribution in [0.4, 0.5) is 0 Å². The van der Waals surface area contributed by atoms with Crippen LogP contribution >= 0.6 is 0 Å². The number of ether oxygens (including phenoxy) is 2. The molecule has 2 atom stereocenters. The first-order chi connectivity index (χ1) is 15.5. The summed E-state index contributed by atoms with van der Waals surface area (Å²) in [5.41, 5.74) is 5.04. The molecule has 0 amide bonds. The molecule has 3 heterocycles. The van der Waals surface area contributed by atoms with Crippen molar-refractivity contribution in [3.8, 4) is 5.75 Å². The summed E-state index contributed by atoms with van der Waals surface area (Å²) in [7, 11) is 1.74. The Kier molecular flexibility index (Phi) is 5.66. The van der Waals surface area contributed by atoms with Gasteiger partial charge in [0, 0.05) is 41.2 Å². The number of piperidine rings is 1. The number of likely N-dealkylation sites (tertiary alicyclic amines) is 1. The van der Waals surface area contributed by atoms with Crippen molar-refractivity contribution in [2.24, 2.45) is 11.8 Å². The van der Waals surface area contributed by atoms with Gasteiger partial charge in [-0.15, -0.1) is 0 Å². The lowest BCUT2D eigenvalue weighted by Crippen LogP contribution is -2.43. The fraction of sp³-hybridized carbons (Fsp3) is 0.423. The SMILES string of the molecule is COc1cc(C)c2[nH]ccc2c1CN1CCC(C2COC2)CC1c1ccc(C(=O)O)cc1. The van der Waals surface area contributed by atoms with Crippen molar-refractivity contribution >= 4 is 16.9 Å². The van der Waals surface area contributed by atoms with Gasteiger partial charge in [0.05, 0.1) is 25.9 Å². The summed E-state index contributed by atoms with van der Waals surface area (Å²) >= 11 is 0. The number of carbonyl (C=O) groups is 1. The van der Waals surface area contributed by atoms with E-state index in [1.165, 1.54) is 22.1 Å². The number of carboxylic acids is 1. The number of nitrogens with zero attached hydrogens (tertiary/aromatic N) is 1. The van der Waals surface area contributed by atoms with Crippen molar-refractivity contribution in [1.29, 1.82) is 0 Å². The number of fused-ring (bicyclic) bond motifs is 1. The molecule has 5 rings (SSSR count). The molecular weight excluding hydrogens is 404 g/mol. The minimum absolute atomic E-state index is 0.234.